The minimum absolute atomic E-state index is 0.609. The predicted molar refractivity (Wildman–Crippen MR) is 56.1 cm³/mol. The van der Waals surface area contributed by atoms with E-state index in [0.29, 0.717) is 6.04 Å². The molecule has 1 heterocycles. The van der Waals surface area contributed by atoms with Crippen LogP contribution in [0.15, 0.2) is 23.9 Å². The minimum Gasteiger partial charge on any atom is -0.382 e. The Kier molecular flexibility index (Phi) is 5.52. The average Bonchev–Trinajstić information content (AvgIpc) is 2.31. The molecule has 0 spiro atoms. The third-order valence-electron chi connectivity index (χ3n) is 1.68. The fraction of sp³-hybridized carbons (Fsp3) is 0.636. The molecule has 0 amide bonds. The van der Waals surface area contributed by atoms with E-state index < -0.39 is 0 Å². The minimum atomic E-state index is 0.609. The van der Waals surface area contributed by atoms with E-state index in [4.69, 9.17) is 0 Å². The summed E-state index contributed by atoms with van der Waals surface area (Å²) in [5, 5.41) is 3.31. The van der Waals surface area contributed by atoms with E-state index in [1.807, 2.05) is 6.08 Å². The molecule has 1 nitrogen and oxygen atoms in total. The topological polar surface area (TPSA) is 12.0 Å². The van der Waals surface area contributed by atoms with Gasteiger partial charge in [-0.1, -0.05) is 26.8 Å². The fourth-order valence-corrected chi connectivity index (χ4v) is 1.24. The highest BCUT2D eigenvalue weighted by Gasteiger charge is 2.12. The Hall–Kier alpha value is -0.720. The smallest absolute Gasteiger partial charge is 0.0326 e. The van der Waals surface area contributed by atoms with Gasteiger partial charge in [0.2, 0.25) is 0 Å². The van der Waals surface area contributed by atoms with Crippen molar-refractivity contribution in [3.05, 3.63) is 23.9 Å². The van der Waals surface area contributed by atoms with Gasteiger partial charge in [0, 0.05) is 11.7 Å². The lowest BCUT2D eigenvalue weighted by Gasteiger charge is -2.02. The molecule has 1 aliphatic rings. The molecule has 0 aliphatic carbocycles. The summed E-state index contributed by atoms with van der Waals surface area (Å²) in [4.78, 5) is 0. The van der Waals surface area contributed by atoms with Crippen molar-refractivity contribution in [2.45, 2.75) is 46.6 Å². The molecule has 0 unspecified atom stereocenters. The number of rotatable bonds is 1. The zero-order chi connectivity index (χ0) is 9.56. The average molecular weight is 167 g/mol. The Bertz CT molecular complexity index is 168. The van der Waals surface area contributed by atoms with Crippen LogP contribution in [0.2, 0.25) is 0 Å². The van der Waals surface area contributed by atoms with Crippen LogP contribution in [-0.2, 0) is 0 Å². The lowest BCUT2D eigenvalue weighted by atomic mass is 10.2. The van der Waals surface area contributed by atoms with Gasteiger partial charge < -0.3 is 5.32 Å². The van der Waals surface area contributed by atoms with Crippen molar-refractivity contribution in [2.24, 2.45) is 0 Å². The first-order chi connectivity index (χ1) is 5.65. The summed E-state index contributed by atoms with van der Waals surface area (Å²) >= 11 is 0. The summed E-state index contributed by atoms with van der Waals surface area (Å²) in [5.41, 5.74) is 2.65. The maximum absolute atomic E-state index is 3.71. The first kappa shape index (κ1) is 11.3. The van der Waals surface area contributed by atoms with Gasteiger partial charge in [0.25, 0.3) is 0 Å². The van der Waals surface area contributed by atoms with Gasteiger partial charge >= 0.3 is 0 Å². The van der Waals surface area contributed by atoms with Crippen molar-refractivity contribution in [2.75, 3.05) is 0 Å². The van der Waals surface area contributed by atoms with E-state index in [2.05, 4.69) is 39.6 Å². The van der Waals surface area contributed by atoms with Gasteiger partial charge in [-0.2, -0.15) is 0 Å². The van der Waals surface area contributed by atoms with E-state index in [1.54, 1.807) is 0 Å². The fourth-order valence-electron chi connectivity index (χ4n) is 1.24. The summed E-state index contributed by atoms with van der Waals surface area (Å²) in [5.74, 6) is 0. The van der Waals surface area contributed by atoms with Crippen molar-refractivity contribution < 1.29 is 0 Å². The number of allylic oxidation sites excluding steroid dienone is 1. The molecule has 0 aromatic carbocycles. The molecule has 1 rings (SSSR count). The van der Waals surface area contributed by atoms with Crippen LogP contribution >= 0.6 is 0 Å². The second-order valence-electron chi connectivity index (χ2n) is 3.35. The highest BCUT2D eigenvalue weighted by Crippen LogP contribution is 2.17. The van der Waals surface area contributed by atoms with Crippen molar-refractivity contribution in [3.8, 4) is 0 Å². The lowest BCUT2D eigenvalue weighted by molar-refractivity contribution is 0.673. The van der Waals surface area contributed by atoms with Crippen molar-refractivity contribution >= 4 is 0 Å². The quantitative estimate of drug-likeness (QED) is 0.632. The van der Waals surface area contributed by atoms with Crippen LogP contribution in [0, 0.1) is 0 Å². The molecule has 0 aromatic heterocycles. The summed E-state index contributed by atoms with van der Waals surface area (Å²) < 4.78 is 0. The molecule has 0 saturated carbocycles. The Morgan fingerprint density at radius 2 is 2.08 bits per heavy atom. The first-order valence-electron chi connectivity index (χ1n) is 4.74. The molecule has 0 saturated heterocycles. The van der Waals surface area contributed by atoms with E-state index in [0.717, 1.165) is 0 Å². The van der Waals surface area contributed by atoms with Gasteiger partial charge in [0.05, 0.1) is 0 Å². The van der Waals surface area contributed by atoms with Crippen LogP contribution in [0.25, 0.3) is 0 Å². The molecule has 12 heavy (non-hydrogen) atoms. The maximum atomic E-state index is 3.71. The number of hydrogen-bond donors (Lipinski definition) is 1. The molecule has 0 bridgehead atoms. The molecule has 1 heteroatoms. The van der Waals surface area contributed by atoms with E-state index in [9.17, 15) is 0 Å². The van der Waals surface area contributed by atoms with Crippen molar-refractivity contribution in [3.63, 3.8) is 0 Å². The van der Waals surface area contributed by atoms with Crippen LogP contribution in [0.4, 0.5) is 0 Å². The standard InChI is InChI=1S/C8H13N.C3H8/c1-4-8-6(2)5-7(3)9-8;1-3-2/h4,7,9H,1,5H2,2-3H3;3H2,1-2H3/t7-;/m1./s1. The molecule has 70 valence electrons. The van der Waals surface area contributed by atoms with Crippen LogP contribution < -0.4 is 5.32 Å². The Morgan fingerprint density at radius 1 is 1.58 bits per heavy atom. The third kappa shape index (κ3) is 3.61. The van der Waals surface area contributed by atoms with Crippen LogP contribution in [0.5, 0.6) is 0 Å². The Labute approximate surface area is 76.6 Å². The highest BCUT2D eigenvalue weighted by atomic mass is 14.9. The van der Waals surface area contributed by atoms with Crippen molar-refractivity contribution in [1.82, 2.24) is 5.32 Å². The summed E-state index contributed by atoms with van der Waals surface area (Å²) in [6.45, 7) is 12.3. The normalized spacial score (nSPS) is 21.2. The summed E-state index contributed by atoms with van der Waals surface area (Å²) in [6.07, 6.45) is 4.31. The first-order valence-corrected chi connectivity index (χ1v) is 4.74. The molecular formula is C11H21N. The van der Waals surface area contributed by atoms with Crippen molar-refractivity contribution in [1.29, 1.82) is 0 Å². The zero-order valence-electron chi connectivity index (χ0n) is 8.78. The van der Waals surface area contributed by atoms with E-state index >= 15 is 0 Å². The number of hydrogen-bond acceptors (Lipinski definition) is 1. The largest absolute Gasteiger partial charge is 0.382 e. The van der Waals surface area contributed by atoms with Gasteiger partial charge in [0.1, 0.15) is 0 Å². The maximum Gasteiger partial charge on any atom is 0.0326 e. The van der Waals surface area contributed by atoms with E-state index in [1.165, 1.54) is 24.1 Å². The lowest BCUT2D eigenvalue weighted by Crippen LogP contribution is -2.16. The van der Waals surface area contributed by atoms with Gasteiger partial charge in [-0.3, -0.25) is 0 Å². The van der Waals surface area contributed by atoms with E-state index in [-0.39, 0.29) is 0 Å². The molecule has 1 atom stereocenters. The molecule has 0 aromatic rings. The second kappa shape index (κ2) is 5.87. The molecular weight excluding hydrogens is 146 g/mol. The predicted octanol–water partition coefficient (Wildman–Crippen LogP) is 3.24. The van der Waals surface area contributed by atoms with Crippen LogP contribution in [0.1, 0.15) is 40.5 Å². The zero-order valence-corrected chi connectivity index (χ0v) is 8.78. The highest BCUT2D eigenvalue weighted by molar-refractivity contribution is 5.26. The summed E-state index contributed by atoms with van der Waals surface area (Å²) in [7, 11) is 0. The van der Waals surface area contributed by atoms with Crippen LogP contribution in [-0.4, -0.2) is 6.04 Å². The van der Waals surface area contributed by atoms with Gasteiger partial charge in [0.15, 0.2) is 0 Å². The SMILES string of the molecule is C=CC1=C(C)C[C@@H](C)N1.CCC. The second-order valence-corrected chi connectivity index (χ2v) is 3.35. The Morgan fingerprint density at radius 3 is 2.25 bits per heavy atom. The monoisotopic (exact) mass is 167 g/mol. The van der Waals surface area contributed by atoms with Crippen LogP contribution in [0.3, 0.4) is 0 Å². The molecule has 1 aliphatic heterocycles. The molecule has 0 fully saturated rings. The van der Waals surface area contributed by atoms with Gasteiger partial charge in [-0.15, -0.1) is 0 Å². The van der Waals surface area contributed by atoms with Gasteiger partial charge in [-0.05, 0) is 31.9 Å². The molecule has 0 radical (unpaired) electrons. The number of nitrogens with one attached hydrogen (secondary N) is 1. The third-order valence-corrected chi connectivity index (χ3v) is 1.68. The Balaban J connectivity index is 0.000000354. The molecule has 1 N–H and O–H groups in total. The van der Waals surface area contributed by atoms with Gasteiger partial charge in [-0.25, -0.2) is 0 Å². The summed E-state index contributed by atoms with van der Waals surface area (Å²) in [6, 6.07) is 0.609.